The van der Waals surface area contributed by atoms with Crippen LogP contribution in [0, 0.1) is 0 Å². The first-order chi connectivity index (χ1) is 20.4. The minimum Gasteiger partial charge on any atom is -0.492 e. The largest absolute Gasteiger partial charge is 0.492 e. The molecule has 0 bridgehead atoms. The van der Waals surface area contributed by atoms with Crippen LogP contribution in [-0.4, -0.2) is 74.5 Å². The summed E-state index contributed by atoms with van der Waals surface area (Å²) >= 11 is 0. The molecule has 0 spiro atoms. The Balaban J connectivity index is 1.11. The average Bonchev–Trinajstić information content (AvgIpc) is 3.56. The number of amides is 1. The lowest BCUT2D eigenvalue weighted by Gasteiger charge is -2.28. The van der Waals surface area contributed by atoms with Crippen molar-refractivity contribution < 1.29 is 22.7 Å². The molecule has 4 aromatic rings. The fourth-order valence-corrected chi connectivity index (χ4v) is 7.31. The van der Waals surface area contributed by atoms with Crippen molar-refractivity contribution in [3.05, 3.63) is 89.1 Å². The van der Waals surface area contributed by atoms with Crippen molar-refractivity contribution in [2.45, 2.75) is 17.9 Å². The maximum atomic E-state index is 13.6. The van der Waals surface area contributed by atoms with Gasteiger partial charge in [-0.05, 0) is 66.1 Å². The van der Waals surface area contributed by atoms with Crippen molar-refractivity contribution in [2.24, 2.45) is 0 Å². The number of nitrogens with zero attached hydrogens (tertiary/aromatic N) is 2. The number of benzene rings is 3. The van der Waals surface area contributed by atoms with Gasteiger partial charge < -0.3 is 19.8 Å². The van der Waals surface area contributed by atoms with Crippen LogP contribution in [0.25, 0.3) is 22.6 Å². The SMILES string of the molecule is O=C1Nc2ccc(S(=O)(=O)N3CCc4ccccc4C3)cc2C1=Cc1cc2cc(OCCN3CCOCC3)ccc2[nH]1. The predicted molar refractivity (Wildman–Crippen MR) is 162 cm³/mol. The zero-order chi connectivity index (χ0) is 28.7. The fraction of sp³-hybridized carbons (Fsp3) is 0.281. The number of carbonyl (C=O) groups excluding carboxylic acids is 1. The van der Waals surface area contributed by atoms with E-state index in [-0.39, 0.29) is 10.8 Å². The number of rotatable bonds is 7. The van der Waals surface area contributed by atoms with E-state index in [4.69, 9.17) is 9.47 Å². The van der Waals surface area contributed by atoms with Crippen LogP contribution in [0.5, 0.6) is 5.75 Å². The van der Waals surface area contributed by atoms with Gasteiger partial charge in [0.1, 0.15) is 12.4 Å². The first-order valence-corrected chi connectivity index (χ1v) is 15.7. The number of morpholine rings is 1. The molecule has 1 amide bonds. The zero-order valence-electron chi connectivity index (χ0n) is 23.1. The second-order valence-corrected chi connectivity index (χ2v) is 12.8. The number of anilines is 1. The molecule has 4 heterocycles. The number of carbonyl (C=O) groups is 1. The molecule has 0 unspecified atom stereocenters. The molecule has 0 radical (unpaired) electrons. The number of fused-ring (bicyclic) bond motifs is 3. The second kappa shape index (κ2) is 11.0. The second-order valence-electron chi connectivity index (χ2n) is 10.9. The molecular formula is C32H32N4O5S. The van der Waals surface area contributed by atoms with Crippen LogP contribution in [0.15, 0.2) is 71.6 Å². The standard InChI is InChI=1S/C32H32N4O5S/c37-32-29(19-25-17-24-18-26(5-7-30(24)33-25)41-16-13-35-11-14-40-15-12-35)28-20-27(6-8-31(28)34-32)42(38,39)36-10-9-22-3-1-2-4-23(22)21-36/h1-8,17-20,33H,9-16,21H2,(H,34,37). The normalized spacial score (nSPS) is 18.7. The summed E-state index contributed by atoms with van der Waals surface area (Å²) in [7, 11) is -3.74. The van der Waals surface area contributed by atoms with Gasteiger partial charge in [0, 0.05) is 60.6 Å². The first kappa shape index (κ1) is 26.9. The maximum Gasteiger partial charge on any atom is 0.256 e. The van der Waals surface area contributed by atoms with E-state index in [1.807, 2.05) is 48.5 Å². The summed E-state index contributed by atoms with van der Waals surface area (Å²) < 4.78 is 40.2. The number of aromatic nitrogens is 1. The molecule has 0 atom stereocenters. The van der Waals surface area contributed by atoms with E-state index in [1.165, 1.54) is 9.87 Å². The van der Waals surface area contributed by atoms with E-state index in [9.17, 15) is 13.2 Å². The summed E-state index contributed by atoms with van der Waals surface area (Å²) in [5.74, 6) is 0.519. The third kappa shape index (κ3) is 5.22. The topological polar surface area (TPSA) is 104 Å². The quantitative estimate of drug-likeness (QED) is 0.317. The summed E-state index contributed by atoms with van der Waals surface area (Å²) in [4.78, 5) is 18.8. The van der Waals surface area contributed by atoms with E-state index in [0.717, 1.165) is 60.8 Å². The number of hydrogen-bond donors (Lipinski definition) is 2. The molecule has 3 aliphatic rings. The number of hydrogen-bond acceptors (Lipinski definition) is 6. The summed E-state index contributed by atoms with van der Waals surface area (Å²) in [6.45, 7) is 5.58. The van der Waals surface area contributed by atoms with Gasteiger partial charge in [0.2, 0.25) is 10.0 Å². The van der Waals surface area contributed by atoms with Gasteiger partial charge in [-0.1, -0.05) is 24.3 Å². The highest BCUT2D eigenvalue weighted by molar-refractivity contribution is 7.89. The van der Waals surface area contributed by atoms with Gasteiger partial charge in [-0.3, -0.25) is 9.69 Å². The molecule has 2 N–H and O–H groups in total. The molecule has 1 fully saturated rings. The monoisotopic (exact) mass is 584 g/mol. The fourth-order valence-electron chi connectivity index (χ4n) is 5.87. The highest BCUT2D eigenvalue weighted by Crippen LogP contribution is 2.36. The average molecular weight is 585 g/mol. The lowest BCUT2D eigenvalue weighted by Crippen LogP contribution is -2.38. The van der Waals surface area contributed by atoms with E-state index >= 15 is 0 Å². The molecule has 3 aromatic carbocycles. The minimum absolute atomic E-state index is 0.179. The number of nitrogens with one attached hydrogen (secondary N) is 2. The van der Waals surface area contributed by atoms with Crippen molar-refractivity contribution in [3.8, 4) is 5.75 Å². The Bertz CT molecular complexity index is 1810. The summed E-state index contributed by atoms with van der Waals surface area (Å²) in [5, 5.41) is 3.83. The van der Waals surface area contributed by atoms with Crippen molar-refractivity contribution in [1.29, 1.82) is 0 Å². The smallest absolute Gasteiger partial charge is 0.256 e. The lowest BCUT2D eigenvalue weighted by atomic mass is 10.0. The van der Waals surface area contributed by atoms with Crippen LogP contribution in [0.1, 0.15) is 22.4 Å². The molecule has 1 saturated heterocycles. The number of aromatic amines is 1. The molecule has 216 valence electrons. The van der Waals surface area contributed by atoms with Gasteiger partial charge in [0.25, 0.3) is 5.91 Å². The van der Waals surface area contributed by atoms with Crippen LogP contribution in [0.4, 0.5) is 5.69 Å². The molecule has 0 aliphatic carbocycles. The molecule has 42 heavy (non-hydrogen) atoms. The molecule has 9 nitrogen and oxygen atoms in total. The molecule has 10 heteroatoms. The minimum atomic E-state index is -3.74. The van der Waals surface area contributed by atoms with Crippen LogP contribution >= 0.6 is 0 Å². The van der Waals surface area contributed by atoms with Crippen LogP contribution in [-0.2, 0) is 32.5 Å². The highest BCUT2D eigenvalue weighted by Gasteiger charge is 2.31. The van der Waals surface area contributed by atoms with Crippen molar-refractivity contribution in [3.63, 3.8) is 0 Å². The molecule has 1 aromatic heterocycles. The molecular weight excluding hydrogens is 552 g/mol. The Morgan fingerprint density at radius 3 is 2.64 bits per heavy atom. The van der Waals surface area contributed by atoms with Crippen molar-refractivity contribution in [2.75, 3.05) is 51.3 Å². The Morgan fingerprint density at radius 2 is 1.79 bits per heavy atom. The summed E-state index contributed by atoms with van der Waals surface area (Å²) in [5.41, 5.74) is 5.46. The van der Waals surface area contributed by atoms with Crippen LogP contribution < -0.4 is 10.1 Å². The summed E-state index contributed by atoms with van der Waals surface area (Å²) in [6, 6.07) is 20.6. The van der Waals surface area contributed by atoms with Gasteiger partial charge >= 0.3 is 0 Å². The predicted octanol–water partition coefficient (Wildman–Crippen LogP) is 4.12. The molecule has 3 aliphatic heterocycles. The van der Waals surface area contributed by atoms with Gasteiger partial charge in [0.05, 0.1) is 23.7 Å². The van der Waals surface area contributed by atoms with Crippen molar-refractivity contribution in [1.82, 2.24) is 14.2 Å². The summed E-state index contributed by atoms with van der Waals surface area (Å²) in [6.07, 6.45) is 2.44. The molecule has 0 saturated carbocycles. The van der Waals surface area contributed by atoms with E-state index in [0.29, 0.717) is 42.9 Å². The van der Waals surface area contributed by atoms with Crippen LogP contribution in [0.2, 0.25) is 0 Å². The third-order valence-corrected chi connectivity index (χ3v) is 10.0. The van der Waals surface area contributed by atoms with E-state index in [1.54, 1.807) is 24.3 Å². The van der Waals surface area contributed by atoms with Crippen LogP contribution in [0.3, 0.4) is 0 Å². The number of H-pyrrole nitrogens is 1. The van der Waals surface area contributed by atoms with Gasteiger partial charge in [-0.25, -0.2) is 8.42 Å². The Kier molecular flexibility index (Phi) is 7.07. The van der Waals surface area contributed by atoms with E-state index < -0.39 is 10.0 Å². The Hall–Kier alpha value is -3.96. The number of ether oxygens (including phenoxy) is 2. The first-order valence-electron chi connectivity index (χ1n) is 14.2. The van der Waals surface area contributed by atoms with E-state index in [2.05, 4.69) is 15.2 Å². The lowest BCUT2D eigenvalue weighted by molar-refractivity contribution is -0.110. The maximum absolute atomic E-state index is 13.6. The Labute approximate surface area is 244 Å². The molecule has 7 rings (SSSR count). The third-order valence-electron chi connectivity index (χ3n) is 8.20. The van der Waals surface area contributed by atoms with Crippen molar-refractivity contribution >= 4 is 44.2 Å². The van der Waals surface area contributed by atoms with Gasteiger partial charge in [-0.15, -0.1) is 0 Å². The number of sulfonamides is 1. The van der Waals surface area contributed by atoms with Gasteiger partial charge in [-0.2, -0.15) is 4.31 Å². The Morgan fingerprint density at radius 1 is 0.952 bits per heavy atom. The van der Waals surface area contributed by atoms with Gasteiger partial charge in [0.15, 0.2) is 0 Å². The zero-order valence-corrected chi connectivity index (χ0v) is 24.0. The highest BCUT2D eigenvalue weighted by atomic mass is 32.2.